The lowest BCUT2D eigenvalue weighted by atomic mass is 9.95. The first kappa shape index (κ1) is 27.6. The summed E-state index contributed by atoms with van der Waals surface area (Å²) >= 11 is 0. The molecule has 7 N–H and O–H groups in total. The Hall–Kier alpha value is -1.61. The Bertz CT molecular complexity index is 1210. The van der Waals surface area contributed by atoms with Crippen LogP contribution in [0, 0.1) is 11.3 Å². The van der Waals surface area contributed by atoms with Crippen molar-refractivity contribution in [3.63, 3.8) is 0 Å². The zero-order chi connectivity index (χ0) is 25.5. The molecule has 0 aliphatic carbocycles. The smallest absolute Gasteiger partial charge is 0.387 e. The second kappa shape index (κ2) is 9.21. The minimum Gasteiger partial charge on any atom is -0.387 e. The number of phosphoric acid groups is 3. The summed E-state index contributed by atoms with van der Waals surface area (Å²) in [7, 11) is -17.4. The maximum absolute atomic E-state index is 13.9. The molecule has 6 atom stereocenters. The second-order valence-corrected chi connectivity index (χ2v) is 10.8. The minimum atomic E-state index is -5.92. The highest BCUT2D eigenvalue weighted by Gasteiger charge is 2.65. The average molecular weight is 541 g/mol. The highest BCUT2D eigenvalue weighted by molar-refractivity contribution is 7.66. The van der Waals surface area contributed by atoms with E-state index in [2.05, 4.69) is 13.1 Å². The number of H-pyrrole nitrogens is 1. The molecular formula is C11H15FN3O15P3. The maximum atomic E-state index is 13.9. The molecule has 33 heavy (non-hydrogen) atoms. The van der Waals surface area contributed by atoms with Gasteiger partial charge in [-0.25, -0.2) is 22.9 Å². The molecule has 1 aliphatic heterocycles. The van der Waals surface area contributed by atoms with Gasteiger partial charge in [0.05, 0.1) is 6.61 Å². The van der Waals surface area contributed by atoms with E-state index in [9.17, 15) is 48.0 Å². The van der Waals surface area contributed by atoms with Crippen LogP contribution in [0.2, 0.25) is 0 Å². The normalized spacial score (nSPS) is 31.5. The fourth-order valence-corrected chi connectivity index (χ4v) is 5.78. The highest BCUT2D eigenvalue weighted by atomic mass is 31.3. The number of halogens is 1. The van der Waals surface area contributed by atoms with Gasteiger partial charge in [0.1, 0.15) is 25.0 Å². The Morgan fingerprint density at radius 3 is 2.24 bits per heavy atom. The largest absolute Gasteiger partial charge is 0.490 e. The number of alkyl halides is 1. The third-order valence-electron chi connectivity index (χ3n) is 4.05. The topological polar surface area (TPSA) is 288 Å². The van der Waals surface area contributed by atoms with Crippen molar-refractivity contribution in [2.45, 2.75) is 23.5 Å². The fraction of sp³-hybridized carbons (Fsp3) is 0.545. The molecule has 18 nitrogen and oxygen atoms in total. The van der Waals surface area contributed by atoms with Crippen molar-refractivity contribution < 1.29 is 65.8 Å². The van der Waals surface area contributed by atoms with Gasteiger partial charge in [-0.3, -0.25) is 18.9 Å². The summed E-state index contributed by atoms with van der Waals surface area (Å²) in [5.74, 6) is 0. The predicted molar refractivity (Wildman–Crippen MR) is 96.5 cm³/mol. The number of hydrogen-bond donors (Lipinski definition) is 7. The van der Waals surface area contributed by atoms with Gasteiger partial charge in [0, 0.05) is 12.3 Å². The molecule has 0 saturated carbocycles. The first-order valence-electron chi connectivity index (χ1n) is 8.07. The number of nitrogens with one attached hydrogen (secondary N) is 1. The Morgan fingerprint density at radius 2 is 1.76 bits per heavy atom. The second-order valence-electron chi connectivity index (χ2n) is 6.34. The van der Waals surface area contributed by atoms with Gasteiger partial charge in [0.25, 0.3) is 11.3 Å². The van der Waals surface area contributed by atoms with Crippen molar-refractivity contribution in [2.24, 2.45) is 0 Å². The number of ether oxygens (including phenoxy) is 1. The molecule has 0 amide bonds. The zero-order valence-corrected chi connectivity index (χ0v) is 18.4. The van der Waals surface area contributed by atoms with Crippen LogP contribution in [-0.2, 0) is 37.3 Å². The molecule has 6 unspecified atom stereocenters. The molecule has 0 radical (unpaired) electrons. The molecule has 1 aliphatic rings. The molecule has 1 aromatic heterocycles. The number of rotatable bonds is 9. The molecule has 0 bridgehead atoms. The first-order valence-corrected chi connectivity index (χ1v) is 12.6. The molecule has 1 saturated heterocycles. The number of hydrogen-bond acceptors (Lipinski definition) is 12. The number of aromatic nitrogens is 2. The summed E-state index contributed by atoms with van der Waals surface area (Å²) < 4.78 is 64.3. The van der Waals surface area contributed by atoms with Crippen LogP contribution in [0.15, 0.2) is 21.9 Å². The van der Waals surface area contributed by atoms with E-state index in [0.717, 1.165) is 0 Å². The predicted octanol–water partition coefficient (Wildman–Crippen LogP) is -2.48. The molecule has 0 aromatic carbocycles. The number of nitrogens with zero attached hydrogens (tertiary/aromatic N) is 2. The molecule has 186 valence electrons. The monoisotopic (exact) mass is 541 g/mol. The summed E-state index contributed by atoms with van der Waals surface area (Å²) in [4.78, 5) is 60.6. The Morgan fingerprint density at radius 1 is 1.15 bits per heavy atom. The van der Waals surface area contributed by atoms with Gasteiger partial charge in [0.15, 0.2) is 5.60 Å². The van der Waals surface area contributed by atoms with Crippen LogP contribution in [0.3, 0.4) is 0 Å². The van der Waals surface area contributed by atoms with E-state index in [1.165, 1.54) is 6.07 Å². The van der Waals surface area contributed by atoms with E-state index in [4.69, 9.17) is 19.4 Å². The summed E-state index contributed by atoms with van der Waals surface area (Å²) in [6.07, 6.45) is -4.21. The summed E-state index contributed by atoms with van der Waals surface area (Å²) in [5.41, 5.74) is -8.04. The van der Waals surface area contributed by atoms with E-state index in [-0.39, 0.29) is 4.57 Å². The third-order valence-corrected chi connectivity index (χ3v) is 7.84. The SMILES string of the molecule is N#CC1(n2ccc(=O)[nH]c2=O)OC(CF)(COP(=O)(O)OP(=O)(O)OP(=O)(O)O)C(O)C1O. The van der Waals surface area contributed by atoms with Crippen LogP contribution in [0.4, 0.5) is 4.39 Å². The summed E-state index contributed by atoms with van der Waals surface area (Å²) in [6, 6.07) is 2.03. The van der Waals surface area contributed by atoms with Crippen LogP contribution in [0.5, 0.6) is 0 Å². The van der Waals surface area contributed by atoms with Crippen LogP contribution >= 0.6 is 23.5 Å². The van der Waals surface area contributed by atoms with Gasteiger partial charge in [0.2, 0.25) is 0 Å². The van der Waals surface area contributed by atoms with Crippen molar-refractivity contribution >= 4 is 23.5 Å². The molecule has 0 spiro atoms. The Balaban J connectivity index is 2.36. The van der Waals surface area contributed by atoms with Crippen molar-refractivity contribution in [1.82, 2.24) is 9.55 Å². The molecule has 1 aromatic rings. The van der Waals surface area contributed by atoms with Gasteiger partial charge in [-0.15, -0.1) is 0 Å². The number of aromatic amines is 1. The molecule has 2 rings (SSSR count). The van der Waals surface area contributed by atoms with Crippen molar-refractivity contribution in [2.75, 3.05) is 13.3 Å². The van der Waals surface area contributed by atoms with E-state index < -0.39 is 71.5 Å². The van der Waals surface area contributed by atoms with Gasteiger partial charge >= 0.3 is 29.2 Å². The molecule has 2 heterocycles. The highest BCUT2D eigenvalue weighted by Crippen LogP contribution is 2.66. The van der Waals surface area contributed by atoms with Crippen LogP contribution in [0.25, 0.3) is 0 Å². The minimum absolute atomic E-state index is 0.282. The maximum Gasteiger partial charge on any atom is 0.490 e. The lowest BCUT2D eigenvalue weighted by Gasteiger charge is -2.30. The fourth-order valence-electron chi connectivity index (χ4n) is 2.70. The third kappa shape index (κ3) is 5.91. The Labute approximate surface area is 180 Å². The standard InChI is InChI=1S/C11H15FN3O15P3/c12-3-10(5-27-32(23,24)30-33(25,26)29-31(20,21)22)7(17)8(18)11(4-13,28-10)15-2-1-6(16)14-9(15)19/h1-2,7-8,17-18H,3,5H2,(H,23,24)(H,25,26)(H,14,16,19)(H2,20,21,22). The van der Waals surface area contributed by atoms with Gasteiger partial charge in [-0.05, 0) is 0 Å². The van der Waals surface area contributed by atoms with Gasteiger partial charge in [-0.1, -0.05) is 0 Å². The zero-order valence-electron chi connectivity index (χ0n) is 15.7. The van der Waals surface area contributed by atoms with Crippen LogP contribution in [-0.4, -0.2) is 70.4 Å². The van der Waals surface area contributed by atoms with E-state index in [1.54, 1.807) is 4.98 Å². The number of aliphatic hydroxyl groups excluding tert-OH is 2. The van der Waals surface area contributed by atoms with E-state index >= 15 is 0 Å². The quantitative estimate of drug-likeness (QED) is 0.159. The lowest BCUT2D eigenvalue weighted by molar-refractivity contribution is -0.167. The van der Waals surface area contributed by atoms with Crippen molar-refractivity contribution in [1.29, 1.82) is 5.26 Å². The molecule has 22 heteroatoms. The van der Waals surface area contributed by atoms with Crippen molar-refractivity contribution in [3.8, 4) is 6.07 Å². The van der Waals surface area contributed by atoms with Gasteiger partial charge in [-0.2, -0.15) is 13.9 Å². The number of phosphoric ester groups is 1. The number of aliphatic hydroxyl groups is 2. The van der Waals surface area contributed by atoms with Crippen molar-refractivity contribution in [3.05, 3.63) is 33.1 Å². The number of nitriles is 1. The van der Waals surface area contributed by atoms with Crippen LogP contribution < -0.4 is 11.2 Å². The van der Waals surface area contributed by atoms with Gasteiger partial charge < -0.3 is 34.5 Å². The van der Waals surface area contributed by atoms with E-state index in [0.29, 0.717) is 12.3 Å². The van der Waals surface area contributed by atoms with Crippen LogP contribution in [0.1, 0.15) is 0 Å². The molecular weight excluding hydrogens is 526 g/mol. The first-order chi connectivity index (χ1) is 14.9. The molecule has 1 fully saturated rings. The lowest BCUT2D eigenvalue weighted by Crippen LogP contribution is -2.50. The average Bonchev–Trinajstić information content (AvgIpc) is 2.86. The summed E-state index contributed by atoms with van der Waals surface area (Å²) in [6.45, 7) is -3.45. The Kier molecular flexibility index (Phi) is 7.71. The van der Waals surface area contributed by atoms with E-state index in [1.807, 2.05) is 0 Å². The summed E-state index contributed by atoms with van der Waals surface area (Å²) in [5, 5.41) is 30.1.